The summed E-state index contributed by atoms with van der Waals surface area (Å²) in [6.07, 6.45) is 2.87. The summed E-state index contributed by atoms with van der Waals surface area (Å²) in [5, 5.41) is 16.3. The number of rotatable bonds is 4. The molecule has 2 fully saturated rings. The molecule has 0 radical (unpaired) electrons. The molecule has 1 atom stereocenters. The number of carbonyl (C=O) groups excluding carboxylic acids is 1. The molecule has 0 unspecified atom stereocenters. The lowest BCUT2D eigenvalue weighted by Crippen LogP contribution is -2.47. The van der Waals surface area contributed by atoms with E-state index in [2.05, 4.69) is 21.5 Å². The summed E-state index contributed by atoms with van der Waals surface area (Å²) in [5.41, 5.74) is 0.477. The molecule has 1 aromatic heterocycles. The van der Waals surface area contributed by atoms with Crippen LogP contribution in [0.15, 0.2) is 28.8 Å². The lowest BCUT2D eigenvalue weighted by molar-refractivity contribution is 0.0926. The Labute approximate surface area is 143 Å². The fourth-order valence-electron chi connectivity index (χ4n) is 2.72. The van der Waals surface area contributed by atoms with Crippen LogP contribution in [0.2, 0.25) is 0 Å². The van der Waals surface area contributed by atoms with E-state index in [0.717, 1.165) is 24.2 Å². The van der Waals surface area contributed by atoms with Crippen molar-refractivity contribution in [1.29, 1.82) is 5.26 Å². The lowest BCUT2D eigenvalue weighted by atomic mass is 10.00. The summed E-state index contributed by atoms with van der Waals surface area (Å²) in [6.45, 7) is 0. The predicted octanol–water partition coefficient (Wildman–Crippen LogP) is 2.74. The number of nitriles is 1. The first-order valence-corrected chi connectivity index (χ1v) is 9.10. The largest absolute Gasteiger partial charge is 0.339 e. The third kappa shape index (κ3) is 2.89. The summed E-state index contributed by atoms with van der Waals surface area (Å²) in [7, 11) is 0. The number of nitrogens with one attached hydrogen (secondary N) is 1. The minimum absolute atomic E-state index is 0.244. The normalized spacial score (nSPS) is 23.0. The average molecular weight is 340 g/mol. The van der Waals surface area contributed by atoms with Gasteiger partial charge in [0.15, 0.2) is 0 Å². The quantitative estimate of drug-likeness (QED) is 0.920. The zero-order chi connectivity index (χ0) is 16.6. The summed E-state index contributed by atoms with van der Waals surface area (Å²) in [4.78, 5) is 16.9. The molecule has 6 nitrogen and oxygen atoms in total. The van der Waals surface area contributed by atoms with Crippen molar-refractivity contribution < 1.29 is 9.32 Å². The Balaban J connectivity index is 1.55. The van der Waals surface area contributed by atoms with Crippen LogP contribution in [-0.2, 0) is 0 Å². The Morgan fingerprint density at radius 3 is 3.04 bits per heavy atom. The zero-order valence-electron chi connectivity index (χ0n) is 13.0. The van der Waals surface area contributed by atoms with Crippen LogP contribution in [0.1, 0.15) is 41.4 Å². The maximum Gasteiger partial charge on any atom is 0.252 e. The molecule has 1 aromatic carbocycles. The van der Waals surface area contributed by atoms with E-state index < -0.39 is 5.54 Å². The summed E-state index contributed by atoms with van der Waals surface area (Å²) in [6, 6.07) is 9.37. The average Bonchev–Trinajstić information content (AvgIpc) is 3.16. The molecule has 24 heavy (non-hydrogen) atoms. The maximum atomic E-state index is 12.5. The minimum atomic E-state index is -0.761. The van der Waals surface area contributed by atoms with Gasteiger partial charge in [0, 0.05) is 22.8 Å². The molecule has 1 saturated heterocycles. The number of amides is 1. The van der Waals surface area contributed by atoms with Gasteiger partial charge < -0.3 is 9.84 Å². The Bertz CT molecular complexity index is 816. The van der Waals surface area contributed by atoms with Crippen LogP contribution in [0.25, 0.3) is 11.4 Å². The second-order valence-corrected chi connectivity index (χ2v) is 7.37. The van der Waals surface area contributed by atoms with E-state index in [1.807, 2.05) is 6.07 Å². The number of benzene rings is 1. The van der Waals surface area contributed by atoms with E-state index in [1.165, 1.54) is 0 Å². The Morgan fingerprint density at radius 2 is 2.33 bits per heavy atom. The smallest absolute Gasteiger partial charge is 0.252 e. The molecule has 2 aromatic rings. The first-order valence-electron chi connectivity index (χ1n) is 7.95. The zero-order valence-corrected chi connectivity index (χ0v) is 13.8. The second-order valence-electron chi connectivity index (χ2n) is 6.26. The highest BCUT2D eigenvalue weighted by atomic mass is 32.2. The maximum absolute atomic E-state index is 12.5. The van der Waals surface area contributed by atoms with Crippen LogP contribution in [-0.4, -0.2) is 33.1 Å². The van der Waals surface area contributed by atoms with E-state index in [-0.39, 0.29) is 5.91 Å². The van der Waals surface area contributed by atoms with Crippen molar-refractivity contribution in [2.45, 2.75) is 30.7 Å². The number of nitrogens with zero attached hydrogens (tertiary/aromatic N) is 3. The van der Waals surface area contributed by atoms with Crippen LogP contribution < -0.4 is 5.32 Å². The van der Waals surface area contributed by atoms with Gasteiger partial charge in [-0.2, -0.15) is 22.0 Å². The molecular weight excluding hydrogens is 324 g/mol. The van der Waals surface area contributed by atoms with Gasteiger partial charge in [0.25, 0.3) is 5.91 Å². The second kappa shape index (κ2) is 5.95. The van der Waals surface area contributed by atoms with Gasteiger partial charge in [0.1, 0.15) is 5.54 Å². The van der Waals surface area contributed by atoms with Gasteiger partial charge in [-0.3, -0.25) is 4.79 Å². The Kier molecular flexibility index (Phi) is 3.77. The van der Waals surface area contributed by atoms with Crippen LogP contribution >= 0.6 is 11.8 Å². The van der Waals surface area contributed by atoms with E-state index in [1.54, 1.807) is 30.0 Å². The van der Waals surface area contributed by atoms with Gasteiger partial charge in [0.2, 0.25) is 11.7 Å². The van der Waals surface area contributed by atoms with Gasteiger partial charge in [-0.05, 0) is 37.1 Å². The molecule has 1 amide bonds. The van der Waals surface area contributed by atoms with Gasteiger partial charge in [0.05, 0.1) is 6.07 Å². The van der Waals surface area contributed by atoms with Crippen LogP contribution in [0.5, 0.6) is 0 Å². The van der Waals surface area contributed by atoms with E-state index in [4.69, 9.17) is 4.52 Å². The third-order valence-electron chi connectivity index (χ3n) is 4.34. The number of hydrogen-bond acceptors (Lipinski definition) is 6. The fraction of sp³-hybridized carbons (Fsp3) is 0.412. The summed E-state index contributed by atoms with van der Waals surface area (Å²) < 4.78 is 5.28. The van der Waals surface area contributed by atoms with Crippen LogP contribution in [0.3, 0.4) is 0 Å². The monoisotopic (exact) mass is 340 g/mol. The van der Waals surface area contributed by atoms with Crippen molar-refractivity contribution in [3.8, 4) is 17.5 Å². The highest BCUT2D eigenvalue weighted by Crippen LogP contribution is 2.39. The molecule has 0 bridgehead atoms. The van der Waals surface area contributed by atoms with Crippen molar-refractivity contribution in [2.75, 3.05) is 11.5 Å². The van der Waals surface area contributed by atoms with Crippen molar-refractivity contribution >= 4 is 17.7 Å². The first kappa shape index (κ1) is 15.2. The van der Waals surface area contributed by atoms with Crippen LogP contribution in [0, 0.1) is 11.3 Å². The van der Waals surface area contributed by atoms with Crippen molar-refractivity contribution in [3.63, 3.8) is 0 Å². The highest BCUT2D eigenvalue weighted by Gasteiger charge is 2.36. The van der Waals surface area contributed by atoms with Gasteiger partial charge in [-0.25, -0.2) is 0 Å². The molecule has 1 N–H and O–H groups in total. The Morgan fingerprint density at radius 1 is 1.46 bits per heavy atom. The number of thioether (sulfide) groups is 1. The number of hydrogen-bond donors (Lipinski definition) is 1. The van der Waals surface area contributed by atoms with Crippen molar-refractivity contribution in [1.82, 2.24) is 15.5 Å². The molecule has 2 aliphatic rings. The van der Waals surface area contributed by atoms with Crippen molar-refractivity contribution in [3.05, 3.63) is 35.7 Å². The molecule has 1 aliphatic carbocycles. The lowest BCUT2D eigenvalue weighted by Gasteiger charge is -2.21. The molecule has 122 valence electrons. The number of carbonyl (C=O) groups is 1. The molecule has 2 heterocycles. The highest BCUT2D eigenvalue weighted by molar-refractivity contribution is 7.99. The predicted molar refractivity (Wildman–Crippen MR) is 89.5 cm³/mol. The van der Waals surface area contributed by atoms with Crippen molar-refractivity contribution in [2.24, 2.45) is 0 Å². The molecule has 0 spiro atoms. The molecule has 1 aliphatic heterocycles. The topological polar surface area (TPSA) is 91.8 Å². The van der Waals surface area contributed by atoms with E-state index in [0.29, 0.717) is 35.4 Å². The molecule has 1 saturated carbocycles. The van der Waals surface area contributed by atoms with E-state index >= 15 is 0 Å². The number of aromatic nitrogens is 2. The first-order chi connectivity index (χ1) is 11.7. The van der Waals surface area contributed by atoms with Gasteiger partial charge >= 0.3 is 0 Å². The van der Waals surface area contributed by atoms with Crippen LogP contribution in [0.4, 0.5) is 0 Å². The van der Waals surface area contributed by atoms with Gasteiger partial charge in [-0.1, -0.05) is 17.3 Å². The molecule has 4 rings (SSSR count). The van der Waals surface area contributed by atoms with Gasteiger partial charge in [-0.15, -0.1) is 0 Å². The van der Waals surface area contributed by atoms with E-state index in [9.17, 15) is 10.1 Å². The standard InChI is InChI=1S/C17H16N4O2S/c18-9-17(6-7-24-10-17)20-15(22)13-3-1-2-12(8-13)14-19-16(23-21-14)11-4-5-11/h1-3,8,11H,4-7,10H2,(H,20,22)/t17-/m1/s1. The SMILES string of the molecule is N#C[C@]1(NC(=O)c2cccc(-c3noc(C4CC4)n3)c2)CCSC1. The molecule has 7 heteroatoms. The Hall–Kier alpha value is -2.33. The minimum Gasteiger partial charge on any atom is -0.339 e. The fourth-order valence-corrected chi connectivity index (χ4v) is 3.98. The molecular formula is C17H16N4O2S. The summed E-state index contributed by atoms with van der Waals surface area (Å²) in [5.74, 6) is 2.84. The summed E-state index contributed by atoms with van der Waals surface area (Å²) >= 11 is 1.68. The third-order valence-corrected chi connectivity index (χ3v) is 5.53.